The average molecular weight is 264 g/mol. The van der Waals surface area contributed by atoms with Gasteiger partial charge < -0.3 is 16.8 Å². The van der Waals surface area contributed by atoms with E-state index >= 15 is 0 Å². The van der Waals surface area contributed by atoms with Crippen LogP contribution in [0.15, 0.2) is 6.07 Å². The normalized spacial score (nSPS) is 12.5. The number of hydrogen-bond acceptors (Lipinski definition) is 4. The summed E-state index contributed by atoms with van der Waals surface area (Å²) in [7, 11) is 0. The van der Waals surface area contributed by atoms with Crippen molar-refractivity contribution in [2.75, 3.05) is 28.8 Å². The molecule has 5 N–H and O–H groups in total. The van der Waals surface area contributed by atoms with Gasteiger partial charge in [-0.15, -0.1) is 0 Å². The fraction of sp³-hybridized carbons (Fsp3) is 0.400. The molecule has 0 amide bonds. The van der Waals surface area contributed by atoms with Gasteiger partial charge in [-0.3, -0.25) is 0 Å². The van der Waals surface area contributed by atoms with E-state index in [4.69, 9.17) is 23.1 Å². The van der Waals surface area contributed by atoms with Crippen molar-refractivity contribution >= 4 is 40.4 Å². The van der Waals surface area contributed by atoms with Gasteiger partial charge in [-0.25, -0.2) is 4.39 Å². The van der Waals surface area contributed by atoms with E-state index in [1.807, 2.05) is 13.2 Å². The molecule has 3 nitrogen and oxygen atoms in total. The molecule has 1 unspecified atom stereocenters. The molecule has 1 atom stereocenters. The molecular formula is C10H15ClFN3S. The molecule has 1 rings (SSSR count). The van der Waals surface area contributed by atoms with E-state index in [2.05, 4.69) is 5.32 Å². The first-order chi connectivity index (χ1) is 7.47. The molecule has 0 bridgehead atoms. The number of hydrogen-bond donors (Lipinski definition) is 3. The van der Waals surface area contributed by atoms with E-state index in [1.165, 1.54) is 6.07 Å². The smallest absolute Gasteiger partial charge is 0.169 e. The van der Waals surface area contributed by atoms with Crippen LogP contribution in [0.2, 0.25) is 5.02 Å². The highest BCUT2D eigenvalue weighted by Crippen LogP contribution is 2.34. The Morgan fingerprint density at radius 1 is 1.50 bits per heavy atom. The summed E-state index contributed by atoms with van der Waals surface area (Å²) in [5, 5.41) is 2.90. The van der Waals surface area contributed by atoms with Crippen molar-refractivity contribution in [2.24, 2.45) is 0 Å². The van der Waals surface area contributed by atoms with Gasteiger partial charge in [-0.05, 0) is 19.2 Å². The Balaban J connectivity index is 3.00. The zero-order valence-electron chi connectivity index (χ0n) is 9.18. The fourth-order valence-corrected chi connectivity index (χ4v) is 2.08. The van der Waals surface area contributed by atoms with Gasteiger partial charge in [-0.2, -0.15) is 11.8 Å². The summed E-state index contributed by atoms with van der Waals surface area (Å²) in [5.41, 5.74) is 11.8. The molecule has 0 aromatic heterocycles. The van der Waals surface area contributed by atoms with E-state index in [0.29, 0.717) is 0 Å². The number of anilines is 3. The lowest BCUT2D eigenvalue weighted by molar-refractivity contribution is 0.630. The number of rotatable bonds is 4. The molecule has 6 heteroatoms. The largest absolute Gasteiger partial charge is 0.397 e. The fourth-order valence-electron chi connectivity index (χ4n) is 1.35. The van der Waals surface area contributed by atoms with Crippen LogP contribution in [0.25, 0.3) is 0 Å². The minimum atomic E-state index is -0.591. The molecule has 0 radical (unpaired) electrons. The summed E-state index contributed by atoms with van der Waals surface area (Å²) in [6.07, 6.45) is 1.98. The monoisotopic (exact) mass is 263 g/mol. The van der Waals surface area contributed by atoms with Gasteiger partial charge in [0.05, 0.1) is 17.1 Å². The van der Waals surface area contributed by atoms with Crippen LogP contribution in [-0.2, 0) is 0 Å². The van der Waals surface area contributed by atoms with Crippen molar-refractivity contribution in [3.8, 4) is 0 Å². The molecule has 0 aliphatic carbocycles. The number of nitrogen functional groups attached to an aromatic ring is 2. The molecule has 0 aliphatic rings. The van der Waals surface area contributed by atoms with Gasteiger partial charge >= 0.3 is 0 Å². The van der Waals surface area contributed by atoms with Crippen molar-refractivity contribution in [2.45, 2.75) is 13.0 Å². The predicted octanol–water partition coefficient (Wildman–Crippen LogP) is 2.81. The highest BCUT2D eigenvalue weighted by Gasteiger charge is 2.15. The minimum Gasteiger partial charge on any atom is -0.397 e. The van der Waals surface area contributed by atoms with Crippen LogP contribution in [0, 0.1) is 5.82 Å². The van der Waals surface area contributed by atoms with Crippen LogP contribution in [0.3, 0.4) is 0 Å². The van der Waals surface area contributed by atoms with Crippen LogP contribution >= 0.6 is 23.4 Å². The molecule has 0 saturated heterocycles. The van der Waals surface area contributed by atoms with Crippen LogP contribution in [-0.4, -0.2) is 18.1 Å². The summed E-state index contributed by atoms with van der Waals surface area (Å²) < 4.78 is 13.8. The molecular weight excluding hydrogens is 249 g/mol. The van der Waals surface area contributed by atoms with E-state index in [9.17, 15) is 4.39 Å². The van der Waals surface area contributed by atoms with Crippen molar-refractivity contribution in [3.63, 3.8) is 0 Å². The molecule has 0 fully saturated rings. The number of nitrogens with two attached hydrogens (primary N) is 2. The van der Waals surface area contributed by atoms with Crippen LogP contribution in [0.1, 0.15) is 6.92 Å². The van der Waals surface area contributed by atoms with Gasteiger partial charge in [0, 0.05) is 11.8 Å². The van der Waals surface area contributed by atoms with Gasteiger partial charge in [0.15, 0.2) is 5.82 Å². The molecule has 1 aromatic rings. The second-order valence-corrected chi connectivity index (χ2v) is 4.85. The first-order valence-electron chi connectivity index (χ1n) is 4.75. The summed E-state index contributed by atoms with van der Waals surface area (Å²) in [5.74, 6) is 0.257. The quantitative estimate of drug-likeness (QED) is 0.731. The average Bonchev–Trinajstić information content (AvgIpc) is 2.22. The Morgan fingerprint density at radius 3 is 2.69 bits per heavy atom. The van der Waals surface area contributed by atoms with E-state index < -0.39 is 5.82 Å². The Hall–Kier alpha value is -0.810. The number of thioether (sulfide) groups is 1. The molecule has 0 spiro atoms. The second kappa shape index (κ2) is 5.50. The van der Waals surface area contributed by atoms with Gasteiger partial charge in [0.25, 0.3) is 0 Å². The molecule has 90 valence electrons. The maximum absolute atomic E-state index is 13.8. The lowest BCUT2D eigenvalue weighted by Crippen LogP contribution is -2.20. The Morgan fingerprint density at radius 2 is 2.12 bits per heavy atom. The summed E-state index contributed by atoms with van der Waals surface area (Å²) in [6.45, 7) is 1.94. The summed E-state index contributed by atoms with van der Waals surface area (Å²) >= 11 is 7.38. The summed E-state index contributed by atoms with van der Waals surface area (Å²) in [6, 6.07) is 1.56. The highest BCUT2D eigenvalue weighted by molar-refractivity contribution is 7.98. The Labute approximate surface area is 104 Å². The van der Waals surface area contributed by atoms with Crippen LogP contribution in [0.4, 0.5) is 21.5 Å². The summed E-state index contributed by atoms with van der Waals surface area (Å²) in [4.78, 5) is 0. The third kappa shape index (κ3) is 2.86. The topological polar surface area (TPSA) is 64.1 Å². The predicted molar refractivity (Wildman–Crippen MR) is 71.7 cm³/mol. The standard InChI is InChI=1S/C10H15ClFN3S/c1-5(4-16-2)15-10-7(14)3-6(13)8(11)9(10)12/h3,5,15H,4,13-14H2,1-2H3. The maximum atomic E-state index is 13.8. The van der Waals surface area contributed by atoms with E-state index in [0.717, 1.165) is 5.75 Å². The number of benzene rings is 1. The lowest BCUT2D eigenvalue weighted by Gasteiger charge is -2.17. The molecule has 16 heavy (non-hydrogen) atoms. The Kier molecular flexibility index (Phi) is 4.56. The van der Waals surface area contributed by atoms with E-state index in [-0.39, 0.29) is 28.1 Å². The van der Waals surface area contributed by atoms with Crippen molar-refractivity contribution in [1.29, 1.82) is 0 Å². The molecule has 1 aromatic carbocycles. The maximum Gasteiger partial charge on any atom is 0.169 e. The Bertz CT molecular complexity index is 387. The first-order valence-corrected chi connectivity index (χ1v) is 6.53. The van der Waals surface area contributed by atoms with Crippen molar-refractivity contribution < 1.29 is 4.39 Å². The van der Waals surface area contributed by atoms with Gasteiger partial charge in [0.2, 0.25) is 0 Å². The van der Waals surface area contributed by atoms with Crippen LogP contribution < -0.4 is 16.8 Å². The molecule has 0 heterocycles. The number of nitrogens with one attached hydrogen (secondary N) is 1. The third-order valence-electron chi connectivity index (χ3n) is 2.07. The van der Waals surface area contributed by atoms with Gasteiger partial charge in [0.1, 0.15) is 5.02 Å². The van der Waals surface area contributed by atoms with Gasteiger partial charge in [-0.1, -0.05) is 11.6 Å². The first kappa shape index (κ1) is 13.3. The SMILES string of the molecule is CSCC(C)Nc1c(N)cc(N)c(Cl)c1F. The zero-order valence-corrected chi connectivity index (χ0v) is 10.8. The lowest BCUT2D eigenvalue weighted by atomic mass is 10.2. The minimum absolute atomic E-state index is 0.0898. The zero-order chi connectivity index (χ0) is 12.3. The molecule has 0 aliphatic heterocycles. The van der Waals surface area contributed by atoms with Crippen molar-refractivity contribution in [3.05, 3.63) is 16.9 Å². The highest BCUT2D eigenvalue weighted by atomic mass is 35.5. The van der Waals surface area contributed by atoms with Crippen LogP contribution in [0.5, 0.6) is 0 Å². The van der Waals surface area contributed by atoms with E-state index in [1.54, 1.807) is 11.8 Å². The van der Waals surface area contributed by atoms with Crippen molar-refractivity contribution in [1.82, 2.24) is 0 Å². The third-order valence-corrected chi connectivity index (χ3v) is 3.29. The second-order valence-electron chi connectivity index (χ2n) is 3.56. The molecule has 0 saturated carbocycles. The number of halogens is 2.